The second-order valence-electron chi connectivity index (χ2n) is 9.78. The SMILES string of the molecule is CCC(C)(CC)C(=O)N(C)Cc1cncc(Cl)c1COc1cccc2c(-c3ccnn3C)cc(C)nc12. The summed E-state index contributed by atoms with van der Waals surface area (Å²) in [4.78, 5) is 24.0. The van der Waals surface area contributed by atoms with Crippen LogP contribution >= 0.6 is 11.6 Å². The van der Waals surface area contributed by atoms with Crippen LogP contribution in [-0.2, 0) is 25.0 Å². The minimum absolute atomic E-state index is 0.112. The van der Waals surface area contributed by atoms with Gasteiger partial charge in [0.2, 0.25) is 5.91 Å². The lowest BCUT2D eigenvalue weighted by Gasteiger charge is -2.31. The number of hydrogen-bond donors (Lipinski definition) is 0. The zero-order valence-electron chi connectivity index (χ0n) is 22.4. The summed E-state index contributed by atoms with van der Waals surface area (Å²) in [5.41, 5.74) is 4.99. The van der Waals surface area contributed by atoms with E-state index >= 15 is 0 Å². The van der Waals surface area contributed by atoms with Crippen LogP contribution in [0.1, 0.15) is 50.4 Å². The highest BCUT2D eigenvalue weighted by Gasteiger charge is 2.32. The van der Waals surface area contributed by atoms with Gasteiger partial charge in [-0.25, -0.2) is 4.98 Å². The second kappa shape index (κ2) is 10.9. The molecule has 0 radical (unpaired) electrons. The lowest BCUT2D eigenvalue weighted by atomic mass is 9.83. The highest BCUT2D eigenvalue weighted by molar-refractivity contribution is 6.31. The van der Waals surface area contributed by atoms with Crippen LogP contribution in [0.2, 0.25) is 5.02 Å². The van der Waals surface area contributed by atoms with E-state index in [9.17, 15) is 4.79 Å². The highest BCUT2D eigenvalue weighted by atomic mass is 35.5. The predicted molar refractivity (Wildman–Crippen MR) is 147 cm³/mol. The third-order valence-corrected chi connectivity index (χ3v) is 7.65. The zero-order valence-corrected chi connectivity index (χ0v) is 23.1. The summed E-state index contributed by atoms with van der Waals surface area (Å²) in [5.74, 6) is 0.776. The van der Waals surface area contributed by atoms with Gasteiger partial charge >= 0.3 is 0 Å². The maximum Gasteiger partial charge on any atom is 0.228 e. The molecule has 0 aliphatic carbocycles. The van der Waals surface area contributed by atoms with Gasteiger partial charge in [-0.1, -0.05) is 44.5 Å². The summed E-state index contributed by atoms with van der Waals surface area (Å²) in [6.07, 6.45) is 6.72. The van der Waals surface area contributed by atoms with E-state index in [1.54, 1.807) is 23.5 Å². The Balaban J connectivity index is 1.64. The van der Waals surface area contributed by atoms with E-state index in [4.69, 9.17) is 21.3 Å². The minimum atomic E-state index is -0.393. The third-order valence-electron chi connectivity index (χ3n) is 7.32. The Morgan fingerprint density at radius 2 is 1.95 bits per heavy atom. The molecular formula is C29H34ClN5O2. The fourth-order valence-corrected chi connectivity index (χ4v) is 4.84. The number of aryl methyl sites for hydroxylation is 2. The molecule has 0 unspecified atom stereocenters. The Kier molecular flexibility index (Phi) is 7.83. The lowest BCUT2D eigenvalue weighted by molar-refractivity contribution is -0.140. The summed E-state index contributed by atoms with van der Waals surface area (Å²) in [6, 6.07) is 9.98. The molecule has 4 aromatic rings. The largest absolute Gasteiger partial charge is 0.487 e. The van der Waals surface area contributed by atoms with Crippen molar-refractivity contribution in [1.82, 2.24) is 24.6 Å². The number of carbonyl (C=O) groups is 1. The van der Waals surface area contributed by atoms with Gasteiger partial charge in [-0.15, -0.1) is 0 Å². The molecule has 0 aliphatic heterocycles. The minimum Gasteiger partial charge on any atom is -0.487 e. The van der Waals surface area contributed by atoms with Crippen molar-refractivity contribution in [2.45, 2.75) is 53.7 Å². The molecule has 37 heavy (non-hydrogen) atoms. The van der Waals surface area contributed by atoms with E-state index in [2.05, 4.69) is 30.0 Å². The van der Waals surface area contributed by atoms with Gasteiger partial charge in [0.25, 0.3) is 0 Å². The number of amides is 1. The number of ether oxygens (including phenoxy) is 1. The second-order valence-corrected chi connectivity index (χ2v) is 10.2. The van der Waals surface area contributed by atoms with E-state index in [1.807, 2.05) is 56.9 Å². The molecule has 0 N–H and O–H groups in total. The molecule has 8 heteroatoms. The molecule has 0 spiro atoms. The molecule has 1 amide bonds. The zero-order chi connectivity index (χ0) is 26.7. The highest BCUT2D eigenvalue weighted by Crippen LogP contribution is 2.34. The summed E-state index contributed by atoms with van der Waals surface area (Å²) < 4.78 is 8.19. The van der Waals surface area contributed by atoms with Gasteiger partial charge in [0.05, 0.1) is 10.7 Å². The molecule has 1 aromatic carbocycles. The molecule has 7 nitrogen and oxygen atoms in total. The average molecular weight is 520 g/mol. The molecular weight excluding hydrogens is 486 g/mol. The predicted octanol–water partition coefficient (Wildman–Crippen LogP) is 6.36. The van der Waals surface area contributed by atoms with Crippen LogP contribution < -0.4 is 4.74 Å². The number of rotatable bonds is 9. The third kappa shape index (κ3) is 5.32. The molecule has 0 saturated heterocycles. The maximum absolute atomic E-state index is 13.2. The first kappa shape index (κ1) is 26.6. The molecule has 3 heterocycles. The van der Waals surface area contributed by atoms with Crippen molar-refractivity contribution in [3.8, 4) is 17.0 Å². The van der Waals surface area contributed by atoms with Crippen molar-refractivity contribution in [2.75, 3.05) is 7.05 Å². The molecule has 0 fully saturated rings. The van der Waals surface area contributed by atoms with Crippen LogP contribution in [0.3, 0.4) is 0 Å². The van der Waals surface area contributed by atoms with Gasteiger partial charge in [-0.05, 0) is 43.5 Å². The Morgan fingerprint density at radius 1 is 1.19 bits per heavy atom. The van der Waals surface area contributed by atoms with E-state index < -0.39 is 5.41 Å². The van der Waals surface area contributed by atoms with Crippen molar-refractivity contribution >= 4 is 28.4 Å². The van der Waals surface area contributed by atoms with Crippen LogP contribution in [0.4, 0.5) is 0 Å². The van der Waals surface area contributed by atoms with Crippen molar-refractivity contribution in [3.05, 3.63) is 70.8 Å². The monoisotopic (exact) mass is 519 g/mol. The maximum atomic E-state index is 13.2. The molecule has 0 aliphatic rings. The molecule has 0 atom stereocenters. The summed E-state index contributed by atoms with van der Waals surface area (Å²) in [6.45, 7) is 8.72. The smallest absolute Gasteiger partial charge is 0.228 e. The number of para-hydroxylation sites is 1. The van der Waals surface area contributed by atoms with Gasteiger partial charge < -0.3 is 9.64 Å². The van der Waals surface area contributed by atoms with E-state index in [1.165, 1.54) is 0 Å². The van der Waals surface area contributed by atoms with Gasteiger partial charge in [-0.2, -0.15) is 5.10 Å². The number of nitrogens with zero attached hydrogens (tertiary/aromatic N) is 5. The Hall–Kier alpha value is -3.45. The van der Waals surface area contributed by atoms with Crippen molar-refractivity contribution < 1.29 is 9.53 Å². The summed E-state index contributed by atoms with van der Waals surface area (Å²) in [7, 11) is 3.75. The number of benzene rings is 1. The molecule has 0 bridgehead atoms. The number of pyridine rings is 2. The molecule has 4 rings (SSSR count). The number of halogens is 1. The van der Waals surface area contributed by atoms with Gasteiger partial charge in [0.15, 0.2) is 0 Å². The van der Waals surface area contributed by atoms with E-state index in [-0.39, 0.29) is 12.5 Å². The fraction of sp³-hybridized carbons (Fsp3) is 0.379. The summed E-state index contributed by atoms with van der Waals surface area (Å²) in [5, 5.41) is 5.81. The molecule has 0 saturated carbocycles. The Bertz CT molecular complexity index is 1430. The number of fused-ring (bicyclic) bond motifs is 1. The number of aromatic nitrogens is 4. The van der Waals surface area contributed by atoms with Gasteiger partial charge in [0, 0.05) is 66.9 Å². The van der Waals surface area contributed by atoms with E-state index in [0.717, 1.165) is 51.8 Å². The molecule has 194 valence electrons. The topological polar surface area (TPSA) is 73.1 Å². The van der Waals surface area contributed by atoms with Gasteiger partial charge in [0.1, 0.15) is 17.9 Å². The first-order valence-electron chi connectivity index (χ1n) is 12.6. The summed E-state index contributed by atoms with van der Waals surface area (Å²) >= 11 is 6.59. The Labute approximate surface area is 223 Å². The number of carbonyl (C=O) groups excluding carboxylic acids is 1. The van der Waals surface area contributed by atoms with Crippen molar-refractivity contribution in [2.24, 2.45) is 12.5 Å². The van der Waals surface area contributed by atoms with Crippen molar-refractivity contribution in [1.29, 1.82) is 0 Å². The van der Waals surface area contributed by atoms with E-state index in [0.29, 0.717) is 17.3 Å². The van der Waals surface area contributed by atoms with Crippen LogP contribution in [0.5, 0.6) is 5.75 Å². The Morgan fingerprint density at radius 3 is 2.62 bits per heavy atom. The van der Waals surface area contributed by atoms with Crippen LogP contribution in [0.25, 0.3) is 22.2 Å². The quantitative estimate of drug-likeness (QED) is 0.257. The first-order valence-corrected chi connectivity index (χ1v) is 12.9. The van der Waals surface area contributed by atoms with Crippen LogP contribution in [0.15, 0.2) is 48.9 Å². The van der Waals surface area contributed by atoms with Crippen LogP contribution in [0, 0.1) is 12.3 Å². The average Bonchev–Trinajstić information content (AvgIpc) is 3.32. The number of hydrogen-bond acceptors (Lipinski definition) is 5. The normalized spacial score (nSPS) is 11.6. The lowest BCUT2D eigenvalue weighted by Crippen LogP contribution is -2.39. The fourth-order valence-electron chi connectivity index (χ4n) is 4.61. The molecule has 3 aromatic heterocycles. The van der Waals surface area contributed by atoms with Gasteiger partial charge in [-0.3, -0.25) is 14.5 Å². The van der Waals surface area contributed by atoms with Crippen molar-refractivity contribution in [3.63, 3.8) is 0 Å². The van der Waals surface area contributed by atoms with Crippen LogP contribution in [-0.4, -0.2) is 37.6 Å². The standard InChI is InChI=1S/C29H34ClN5O2/c1-7-29(4,8-2)28(36)34(5)17-20-15-31-16-24(30)23(20)18-37-26-11-9-10-21-22(14-19(3)33-27(21)26)25-12-13-32-35(25)6/h9-16H,7-8,17-18H2,1-6H3. The first-order chi connectivity index (χ1) is 17.7.